The molecule has 2 spiro atoms. The van der Waals surface area contributed by atoms with Gasteiger partial charge in [-0.2, -0.15) is 0 Å². The molecule has 9 rings (SSSR count). The summed E-state index contributed by atoms with van der Waals surface area (Å²) in [5.41, 5.74) is 4.40. The molecule has 5 saturated carbocycles. The van der Waals surface area contributed by atoms with Crippen molar-refractivity contribution >= 4 is 0 Å². The second kappa shape index (κ2) is 7.57. The van der Waals surface area contributed by atoms with Gasteiger partial charge in [0.25, 0.3) is 0 Å². The monoisotopic (exact) mass is 504 g/mol. The molecule has 1 aromatic carbocycles. The third-order valence-corrected chi connectivity index (χ3v) is 12.2. The summed E-state index contributed by atoms with van der Waals surface area (Å²) in [5.74, 6) is 3.84. The maximum Gasteiger partial charge on any atom is 0.165 e. The molecule has 1 aromatic heterocycles. The number of fused-ring (bicyclic) bond motifs is 2. The zero-order valence-corrected chi connectivity index (χ0v) is 22.5. The molecule has 2 aromatic rings. The highest BCUT2D eigenvalue weighted by Gasteiger charge is 2.81. The number of hydrogen-bond acceptors (Lipinski definition) is 5. The van der Waals surface area contributed by atoms with Crippen molar-refractivity contribution in [3.05, 3.63) is 47.4 Å². The van der Waals surface area contributed by atoms with Crippen LogP contribution < -0.4 is 9.47 Å². The Balaban J connectivity index is 1.26. The predicted octanol–water partition coefficient (Wildman–Crippen LogP) is 6.46. The van der Waals surface area contributed by atoms with E-state index in [1.807, 2.05) is 13.2 Å². The molecule has 198 valence electrons. The van der Waals surface area contributed by atoms with E-state index in [9.17, 15) is 0 Å². The first-order valence-electron chi connectivity index (χ1n) is 14.5. The molecule has 5 nitrogen and oxygen atoms in total. The molecule has 0 amide bonds. The molecule has 1 aliphatic heterocycles. The highest BCUT2D eigenvalue weighted by molar-refractivity contribution is 5.63. The van der Waals surface area contributed by atoms with Crippen molar-refractivity contribution in [1.29, 1.82) is 0 Å². The minimum absolute atomic E-state index is 0.0213. The van der Waals surface area contributed by atoms with Crippen LogP contribution in [-0.2, 0) is 27.9 Å². The predicted molar refractivity (Wildman–Crippen MR) is 139 cm³/mol. The number of rotatable bonds is 8. The first kappa shape index (κ1) is 23.0. The van der Waals surface area contributed by atoms with Crippen LogP contribution in [0.15, 0.2) is 35.1 Å². The Bertz CT molecular complexity index is 1220. The molecule has 4 bridgehead atoms. The van der Waals surface area contributed by atoms with E-state index in [1.54, 1.807) is 19.6 Å². The van der Waals surface area contributed by atoms with Crippen molar-refractivity contribution in [3.8, 4) is 11.5 Å². The van der Waals surface area contributed by atoms with Gasteiger partial charge in [-0.05, 0) is 85.3 Å². The lowest BCUT2D eigenvalue weighted by atomic mass is 9.29. The first-order valence-corrected chi connectivity index (χ1v) is 14.5. The summed E-state index contributed by atoms with van der Waals surface area (Å²) in [6.07, 6.45) is 14.9. The molecule has 2 heterocycles. The number of ether oxygens (including phenoxy) is 4. The van der Waals surface area contributed by atoms with Crippen LogP contribution in [0.25, 0.3) is 0 Å². The molecule has 7 atom stereocenters. The zero-order valence-electron chi connectivity index (χ0n) is 22.5. The fraction of sp³-hybridized carbons (Fsp3) is 0.688. The minimum Gasteiger partial charge on any atom is -0.493 e. The summed E-state index contributed by atoms with van der Waals surface area (Å²) >= 11 is 0. The lowest BCUT2D eigenvalue weighted by Gasteiger charge is -2.75. The molecule has 37 heavy (non-hydrogen) atoms. The summed E-state index contributed by atoms with van der Waals surface area (Å²) in [5, 5.41) is 0. The van der Waals surface area contributed by atoms with Crippen LogP contribution in [0.2, 0.25) is 0 Å². The van der Waals surface area contributed by atoms with Gasteiger partial charge in [0.1, 0.15) is 11.7 Å². The molecule has 0 saturated heterocycles. The number of hydrogen-bond donors (Lipinski definition) is 0. The Morgan fingerprint density at radius 2 is 1.95 bits per heavy atom. The molecule has 0 N–H and O–H groups in total. The maximum absolute atomic E-state index is 7.15. The molecular weight excluding hydrogens is 464 g/mol. The average molecular weight is 505 g/mol. The van der Waals surface area contributed by atoms with Gasteiger partial charge in [0.2, 0.25) is 0 Å². The summed E-state index contributed by atoms with van der Waals surface area (Å²) < 4.78 is 31.4. The van der Waals surface area contributed by atoms with Gasteiger partial charge in [-0.15, -0.1) is 0 Å². The van der Waals surface area contributed by atoms with Crippen LogP contribution in [0.4, 0.5) is 0 Å². The molecule has 6 aliphatic carbocycles. The minimum atomic E-state index is -0.342. The van der Waals surface area contributed by atoms with E-state index in [4.69, 9.17) is 23.4 Å². The lowest BCUT2D eigenvalue weighted by molar-refractivity contribution is -0.294. The Labute approximate surface area is 220 Å². The van der Waals surface area contributed by atoms with Crippen LogP contribution >= 0.6 is 0 Å². The van der Waals surface area contributed by atoms with Crippen LogP contribution in [0.3, 0.4) is 0 Å². The van der Waals surface area contributed by atoms with Crippen molar-refractivity contribution < 1.29 is 23.4 Å². The maximum atomic E-state index is 7.15. The van der Waals surface area contributed by atoms with E-state index in [0.29, 0.717) is 30.5 Å². The second-order valence-corrected chi connectivity index (χ2v) is 13.5. The van der Waals surface area contributed by atoms with Crippen molar-refractivity contribution in [1.82, 2.24) is 0 Å². The van der Waals surface area contributed by atoms with E-state index < -0.39 is 0 Å². The van der Waals surface area contributed by atoms with Gasteiger partial charge in [-0.25, -0.2) is 0 Å². The number of furan rings is 1. The van der Waals surface area contributed by atoms with Gasteiger partial charge in [-0.1, -0.05) is 25.8 Å². The molecule has 0 radical (unpaired) electrons. The molecular formula is C32H40O5. The molecule has 1 unspecified atom stereocenters. The topological polar surface area (TPSA) is 50.1 Å². The summed E-state index contributed by atoms with van der Waals surface area (Å²) in [6, 6.07) is 6.51. The van der Waals surface area contributed by atoms with Crippen LogP contribution in [0.1, 0.15) is 75.0 Å². The average Bonchev–Trinajstić information content (AvgIpc) is 3.40. The Hall–Kier alpha value is -1.98. The van der Waals surface area contributed by atoms with Crippen LogP contribution in [0.5, 0.6) is 11.5 Å². The fourth-order valence-electron chi connectivity index (χ4n) is 10.6. The number of methoxy groups -OCH3 is 2. The first-order chi connectivity index (χ1) is 18.0. The van der Waals surface area contributed by atoms with Crippen molar-refractivity contribution in [2.45, 2.75) is 88.4 Å². The molecule has 5 heteroatoms. The SMILES string of the molecule is COc1ccc2c3c1O[C@H]1[C@@]4(OC)CC[C@@]5(C[C@@H]4COCc4ccoc4)[C@@H](C2)C(C)(CC2CC2)CC[C@]315. The number of benzene rings is 1. The molecule has 7 aliphatic rings. The van der Waals surface area contributed by atoms with Crippen LogP contribution in [0, 0.1) is 28.6 Å². The summed E-state index contributed by atoms with van der Waals surface area (Å²) in [6.45, 7) is 3.93. The van der Waals surface area contributed by atoms with Gasteiger partial charge < -0.3 is 23.4 Å². The largest absolute Gasteiger partial charge is 0.493 e. The van der Waals surface area contributed by atoms with E-state index in [2.05, 4.69) is 19.1 Å². The fourth-order valence-corrected chi connectivity index (χ4v) is 10.6. The van der Waals surface area contributed by atoms with Crippen molar-refractivity contribution in [3.63, 3.8) is 0 Å². The Kier molecular flexibility index (Phi) is 4.69. The van der Waals surface area contributed by atoms with E-state index in [0.717, 1.165) is 29.4 Å². The van der Waals surface area contributed by atoms with Gasteiger partial charge in [0.05, 0.1) is 32.8 Å². The van der Waals surface area contributed by atoms with E-state index in [-0.39, 0.29) is 22.5 Å². The van der Waals surface area contributed by atoms with Gasteiger partial charge in [0, 0.05) is 29.6 Å². The van der Waals surface area contributed by atoms with Gasteiger partial charge in [0.15, 0.2) is 11.5 Å². The zero-order chi connectivity index (χ0) is 25.0. The smallest absolute Gasteiger partial charge is 0.165 e. The Morgan fingerprint density at radius 3 is 2.70 bits per heavy atom. The lowest BCUT2D eigenvalue weighted by Crippen LogP contribution is -2.79. The standard InChI is InChI=1S/C32H40O5/c1-29(15-20-4-5-20)9-11-31-26-22-6-7-24(33-2)27(26)37-28(31)32(34-3)12-10-30(31,25(29)14-22)16-23(32)19-36-18-21-8-13-35-17-21/h6-8,13,17,20,23,25,28H,4-5,9-12,14-16,18-19H2,1-3H3/t23-,25+,28-,29?,30-,31+,32-/m1/s1. The highest BCUT2D eigenvalue weighted by atomic mass is 16.6. The molecule has 5 fully saturated rings. The van der Waals surface area contributed by atoms with Crippen molar-refractivity contribution in [2.75, 3.05) is 20.8 Å². The normalized spacial score (nSPS) is 42.4. The third kappa shape index (κ3) is 2.73. The van der Waals surface area contributed by atoms with E-state index >= 15 is 0 Å². The summed E-state index contributed by atoms with van der Waals surface area (Å²) in [7, 11) is 3.70. The van der Waals surface area contributed by atoms with Crippen molar-refractivity contribution in [2.24, 2.45) is 28.6 Å². The van der Waals surface area contributed by atoms with Crippen LogP contribution in [-0.4, -0.2) is 32.5 Å². The van der Waals surface area contributed by atoms with Gasteiger partial charge >= 0.3 is 0 Å². The highest BCUT2D eigenvalue weighted by Crippen LogP contribution is 2.81. The summed E-state index contributed by atoms with van der Waals surface area (Å²) in [4.78, 5) is 0. The Morgan fingerprint density at radius 1 is 1.05 bits per heavy atom. The van der Waals surface area contributed by atoms with Gasteiger partial charge in [-0.3, -0.25) is 0 Å². The van der Waals surface area contributed by atoms with E-state index in [1.165, 1.54) is 62.5 Å². The second-order valence-electron chi connectivity index (χ2n) is 13.5. The quantitative estimate of drug-likeness (QED) is 0.413. The third-order valence-electron chi connectivity index (χ3n) is 12.2.